The summed E-state index contributed by atoms with van der Waals surface area (Å²) in [6, 6.07) is 18.3. The van der Waals surface area contributed by atoms with E-state index in [0.717, 1.165) is 29.1 Å². The first-order valence-electron chi connectivity index (χ1n) is 10.4. The van der Waals surface area contributed by atoms with Crippen molar-refractivity contribution in [1.82, 2.24) is 4.98 Å². The molecule has 0 aliphatic heterocycles. The van der Waals surface area contributed by atoms with Crippen LogP contribution in [0.15, 0.2) is 59.5 Å². The minimum absolute atomic E-state index is 0.338. The summed E-state index contributed by atoms with van der Waals surface area (Å²) in [5.41, 5.74) is 5.58. The van der Waals surface area contributed by atoms with Crippen molar-refractivity contribution in [1.29, 1.82) is 0 Å². The molecule has 0 spiro atoms. The number of carboxylic acid groups (broad SMARTS) is 1. The van der Waals surface area contributed by atoms with Crippen molar-refractivity contribution in [3.63, 3.8) is 0 Å². The molecule has 1 atom stereocenters. The SMILES string of the molecule is CCO[C@@H](Cc1ccc(OCCc2cc(C)[nH]c2-c2ccc(SC)cc2)cc1)C(=O)O. The Kier molecular flexibility index (Phi) is 8.20. The number of aromatic amines is 1. The van der Waals surface area contributed by atoms with E-state index in [9.17, 15) is 9.90 Å². The van der Waals surface area contributed by atoms with Crippen molar-refractivity contribution in [2.45, 2.75) is 37.7 Å². The summed E-state index contributed by atoms with van der Waals surface area (Å²) in [4.78, 5) is 16.0. The molecule has 0 aliphatic rings. The Hall–Kier alpha value is -2.70. The Labute approximate surface area is 187 Å². The predicted molar refractivity (Wildman–Crippen MR) is 125 cm³/mol. The molecule has 164 valence electrons. The molecule has 0 saturated heterocycles. The highest BCUT2D eigenvalue weighted by molar-refractivity contribution is 7.98. The molecule has 0 radical (unpaired) electrons. The van der Waals surface area contributed by atoms with E-state index in [1.165, 1.54) is 16.0 Å². The van der Waals surface area contributed by atoms with Gasteiger partial charge in [0.15, 0.2) is 6.10 Å². The molecule has 6 heteroatoms. The Bertz CT molecular complexity index is 980. The number of H-pyrrole nitrogens is 1. The summed E-state index contributed by atoms with van der Waals surface area (Å²) in [6.45, 7) is 4.79. The van der Waals surface area contributed by atoms with Crippen LogP contribution in [0.3, 0.4) is 0 Å². The second-order valence-electron chi connectivity index (χ2n) is 7.31. The van der Waals surface area contributed by atoms with Gasteiger partial charge in [0.25, 0.3) is 0 Å². The lowest BCUT2D eigenvalue weighted by atomic mass is 10.1. The van der Waals surface area contributed by atoms with E-state index in [2.05, 4.69) is 48.5 Å². The number of hydrogen-bond acceptors (Lipinski definition) is 4. The normalized spacial score (nSPS) is 12.0. The van der Waals surface area contributed by atoms with Gasteiger partial charge in [-0.05, 0) is 67.1 Å². The van der Waals surface area contributed by atoms with E-state index in [4.69, 9.17) is 9.47 Å². The smallest absolute Gasteiger partial charge is 0.333 e. The first kappa shape index (κ1) is 23.0. The summed E-state index contributed by atoms with van der Waals surface area (Å²) < 4.78 is 11.2. The molecule has 0 bridgehead atoms. The van der Waals surface area contributed by atoms with Crippen molar-refractivity contribution in [2.75, 3.05) is 19.5 Å². The Balaban J connectivity index is 1.58. The molecule has 31 heavy (non-hydrogen) atoms. The van der Waals surface area contributed by atoms with Gasteiger partial charge in [-0.1, -0.05) is 24.3 Å². The quantitative estimate of drug-likeness (QED) is 0.393. The van der Waals surface area contributed by atoms with E-state index in [1.807, 2.05) is 24.3 Å². The van der Waals surface area contributed by atoms with Crippen LogP contribution in [0.5, 0.6) is 5.75 Å². The van der Waals surface area contributed by atoms with Crippen LogP contribution in [0.4, 0.5) is 0 Å². The number of aryl methyl sites for hydroxylation is 1. The predicted octanol–water partition coefficient (Wildman–Crippen LogP) is 5.37. The average Bonchev–Trinajstić information content (AvgIpc) is 3.15. The van der Waals surface area contributed by atoms with Gasteiger partial charge in [-0.3, -0.25) is 0 Å². The van der Waals surface area contributed by atoms with Crippen LogP contribution in [-0.2, 0) is 22.4 Å². The van der Waals surface area contributed by atoms with Crippen molar-refractivity contribution in [3.8, 4) is 17.0 Å². The molecule has 3 rings (SSSR count). The summed E-state index contributed by atoms with van der Waals surface area (Å²) in [5, 5.41) is 9.22. The molecule has 1 aromatic heterocycles. The van der Waals surface area contributed by atoms with Gasteiger partial charge >= 0.3 is 5.97 Å². The summed E-state index contributed by atoms with van der Waals surface area (Å²) >= 11 is 1.74. The maximum Gasteiger partial charge on any atom is 0.333 e. The molecule has 2 N–H and O–H groups in total. The number of ether oxygens (including phenoxy) is 2. The number of carboxylic acids is 1. The Morgan fingerprint density at radius 2 is 1.84 bits per heavy atom. The van der Waals surface area contributed by atoms with Gasteiger partial charge < -0.3 is 19.6 Å². The van der Waals surface area contributed by atoms with Crippen LogP contribution >= 0.6 is 11.8 Å². The van der Waals surface area contributed by atoms with Gasteiger partial charge in [-0.15, -0.1) is 11.8 Å². The van der Waals surface area contributed by atoms with E-state index in [0.29, 0.717) is 19.6 Å². The molecule has 2 aromatic carbocycles. The zero-order valence-corrected chi connectivity index (χ0v) is 19.0. The highest BCUT2D eigenvalue weighted by Gasteiger charge is 2.17. The minimum atomic E-state index is -0.942. The number of benzene rings is 2. The molecule has 0 unspecified atom stereocenters. The molecule has 3 aromatic rings. The monoisotopic (exact) mass is 439 g/mol. The molecule has 0 fully saturated rings. The zero-order chi connectivity index (χ0) is 22.2. The topological polar surface area (TPSA) is 71.5 Å². The van der Waals surface area contributed by atoms with Crippen LogP contribution in [0.1, 0.15) is 23.7 Å². The zero-order valence-electron chi connectivity index (χ0n) is 18.2. The lowest BCUT2D eigenvalue weighted by Gasteiger charge is -2.13. The number of nitrogens with one attached hydrogen (secondary N) is 1. The Morgan fingerprint density at radius 1 is 1.13 bits per heavy atom. The molecule has 1 heterocycles. The van der Waals surface area contributed by atoms with E-state index in [-0.39, 0.29) is 0 Å². The number of aromatic nitrogens is 1. The molecule has 0 amide bonds. The van der Waals surface area contributed by atoms with E-state index >= 15 is 0 Å². The Morgan fingerprint density at radius 3 is 2.45 bits per heavy atom. The van der Waals surface area contributed by atoms with Gasteiger partial charge in [0.05, 0.1) is 6.61 Å². The van der Waals surface area contributed by atoms with E-state index in [1.54, 1.807) is 18.7 Å². The largest absolute Gasteiger partial charge is 0.493 e. The fourth-order valence-electron chi connectivity index (χ4n) is 3.49. The fraction of sp³-hybridized carbons (Fsp3) is 0.320. The van der Waals surface area contributed by atoms with Gasteiger partial charge in [0.2, 0.25) is 0 Å². The van der Waals surface area contributed by atoms with Crippen LogP contribution in [-0.4, -0.2) is 41.6 Å². The highest BCUT2D eigenvalue weighted by atomic mass is 32.2. The lowest BCUT2D eigenvalue weighted by molar-refractivity contribution is -0.149. The molecule has 0 saturated carbocycles. The van der Waals surface area contributed by atoms with Crippen LogP contribution in [0.2, 0.25) is 0 Å². The second kappa shape index (κ2) is 11.1. The number of carbonyl (C=O) groups is 1. The second-order valence-corrected chi connectivity index (χ2v) is 8.19. The highest BCUT2D eigenvalue weighted by Crippen LogP contribution is 2.27. The number of rotatable bonds is 11. The van der Waals surface area contributed by atoms with Crippen molar-refractivity contribution in [3.05, 3.63) is 71.4 Å². The van der Waals surface area contributed by atoms with Crippen molar-refractivity contribution < 1.29 is 19.4 Å². The number of hydrogen-bond donors (Lipinski definition) is 2. The first-order valence-corrected chi connectivity index (χ1v) is 11.6. The van der Waals surface area contributed by atoms with E-state index < -0.39 is 12.1 Å². The van der Waals surface area contributed by atoms with Gasteiger partial charge in [-0.2, -0.15) is 0 Å². The molecule has 0 aliphatic carbocycles. The van der Waals surface area contributed by atoms with Crippen molar-refractivity contribution in [2.24, 2.45) is 0 Å². The fourth-order valence-corrected chi connectivity index (χ4v) is 3.90. The van der Waals surface area contributed by atoms with Gasteiger partial charge in [-0.25, -0.2) is 4.79 Å². The standard InChI is InChI=1S/C25H29NO4S/c1-4-29-23(25(27)28)16-18-5-9-21(10-6-18)30-14-13-20-15-17(2)26-24(20)19-7-11-22(31-3)12-8-19/h5-12,15,23,26H,4,13-14,16H2,1-3H3,(H,27,28)/t23-/m0/s1. The van der Waals surface area contributed by atoms with Gasteiger partial charge in [0, 0.05) is 35.7 Å². The van der Waals surface area contributed by atoms with Crippen LogP contribution < -0.4 is 4.74 Å². The summed E-state index contributed by atoms with van der Waals surface area (Å²) in [5.74, 6) is -0.173. The minimum Gasteiger partial charge on any atom is -0.493 e. The maximum absolute atomic E-state index is 11.2. The third kappa shape index (κ3) is 6.39. The third-order valence-electron chi connectivity index (χ3n) is 5.04. The number of thioether (sulfide) groups is 1. The first-order chi connectivity index (χ1) is 15.0. The van der Waals surface area contributed by atoms with Gasteiger partial charge in [0.1, 0.15) is 5.75 Å². The molecular weight excluding hydrogens is 410 g/mol. The average molecular weight is 440 g/mol. The summed E-state index contributed by atoms with van der Waals surface area (Å²) in [7, 11) is 0. The van der Waals surface area contributed by atoms with Crippen LogP contribution in [0.25, 0.3) is 11.3 Å². The molecular formula is C25H29NO4S. The summed E-state index contributed by atoms with van der Waals surface area (Å²) in [6.07, 6.45) is 2.38. The lowest BCUT2D eigenvalue weighted by Crippen LogP contribution is -2.26. The van der Waals surface area contributed by atoms with Crippen LogP contribution in [0, 0.1) is 6.92 Å². The number of aliphatic carboxylic acids is 1. The van der Waals surface area contributed by atoms with Crippen molar-refractivity contribution >= 4 is 17.7 Å². The third-order valence-corrected chi connectivity index (χ3v) is 5.78. The molecule has 5 nitrogen and oxygen atoms in total. The maximum atomic E-state index is 11.2.